The van der Waals surface area contributed by atoms with E-state index in [0.717, 1.165) is 0 Å². The summed E-state index contributed by atoms with van der Waals surface area (Å²) in [6.45, 7) is 0.577. The number of ether oxygens (including phenoxy) is 2. The zero-order chi connectivity index (χ0) is 7.82. The van der Waals surface area contributed by atoms with Crippen LogP contribution in [0.5, 0.6) is 0 Å². The minimum Gasteiger partial charge on any atom is -0.469 e. The molecule has 0 heterocycles. The molecule has 0 radical (unpaired) electrons. The van der Waals surface area contributed by atoms with Crippen LogP contribution >= 0.6 is 0 Å². The summed E-state index contributed by atoms with van der Waals surface area (Å²) >= 11 is 0. The minimum absolute atomic E-state index is 0.247. The molecule has 0 bridgehead atoms. The zero-order valence-corrected chi connectivity index (χ0v) is 5.92. The second kappa shape index (κ2) is 6.12. The summed E-state index contributed by atoms with van der Waals surface area (Å²) < 4.78 is 9.18. The van der Waals surface area contributed by atoms with E-state index in [4.69, 9.17) is 11.2 Å². The van der Waals surface area contributed by atoms with E-state index < -0.39 is 0 Å². The van der Waals surface area contributed by atoms with Crippen molar-refractivity contribution in [3.63, 3.8) is 0 Å². The molecular formula is C7H10O3. The Morgan fingerprint density at radius 3 is 2.90 bits per heavy atom. The van der Waals surface area contributed by atoms with Gasteiger partial charge in [-0.3, -0.25) is 4.79 Å². The lowest BCUT2D eigenvalue weighted by Crippen LogP contribution is -2.05. The summed E-state index contributed by atoms with van der Waals surface area (Å²) in [4.78, 5) is 10.4. The molecular weight excluding hydrogens is 132 g/mol. The van der Waals surface area contributed by atoms with Crippen molar-refractivity contribution >= 4 is 5.97 Å². The van der Waals surface area contributed by atoms with Crippen LogP contribution in [0.25, 0.3) is 0 Å². The third kappa shape index (κ3) is 5.13. The Kier molecular flexibility index (Phi) is 5.50. The number of esters is 1. The predicted octanol–water partition coefficient (Wildman–Crippen LogP) is 0.199. The molecule has 0 aromatic rings. The molecule has 0 amide bonds. The number of hydrogen-bond acceptors (Lipinski definition) is 3. The van der Waals surface area contributed by atoms with Crippen LogP contribution in [0.2, 0.25) is 0 Å². The van der Waals surface area contributed by atoms with Crippen LogP contribution < -0.4 is 0 Å². The first kappa shape index (κ1) is 8.99. The highest BCUT2D eigenvalue weighted by Gasteiger charge is 1.97. The summed E-state index contributed by atoms with van der Waals surface area (Å²) in [5, 5.41) is 0. The van der Waals surface area contributed by atoms with E-state index in [0.29, 0.717) is 6.61 Å². The van der Waals surface area contributed by atoms with Gasteiger partial charge in [0.15, 0.2) is 0 Å². The quantitative estimate of drug-likeness (QED) is 0.319. The summed E-state index contributed by atoms with van der Waals surface area (Å²) in [6, 6.07) is 0. The molecule has 3 heteroatoms. The van der Waals surface area contributed by atoms with E-state index in [1.54, 1.807) is 0 Å². The molecule has 0 aliphatic rings. The Morgan fingerprint density at radius 2 is 2.40 bits per heavy atom. The number of terminal acetylenes is 1. The van der Waals surface area contributed by atoms with Crippen LogP contribution in [-0.2, 0) is 14.3 Å². The van der Waals surface area contributed by atoms with Gasteiger partial charge in [-0.25, -0.2) is 0 Å². The van der Waals surface area contributed by atoms with Gasteiger partial charge < -0.3 is 9.47 Å². The standard InChI is InChI=1S/C7H10O3/c1-3-5-10-6-4-7(8)9-2/h1H,4-6H2,2H3. The maximum Gasteiger partial charge on any atom is 0.307 e. The minimum atomic E-state index is -0.281. The van der Waals surface area contributed by atoms with Gasteiger partial charge >= 0.3 is 5.97 Å². The highest BCUT2D eigenvalue weighted by molar-refractivity contribution is 5.69. The van der Waals surface area contributed by atoms with Crippen molar-refractivity contribution in [3.8, 4) is 12.3 Å². The van der Waals surface area contributed by atoms with Crippen LogP contribution in [0.4, 0.5) is 0 Å². The summed E-state index contributed by atoms with van der Waals surface area (Å²) in [7, 11) is 1.34. The number of carbonyl (C=O) groups excluding carboxylic acids is 1. The smallest absolute Gasteiger partial charge is 0.307 e. The van der Waals surface area contributed by atoms with Gasteiger partial charge in [0, 0.05) is 0 Å². The van der Waals surface area contributed by atoms with Crippen LogP contribution in [-0.4, -0.2) is 26.3 Å². The molecule has 56 valence electrons. The predicted molar refractivity (Wildman–Crippen MR) is 36.3 cm³/mol. The van der Waals surface area contributed by atoms with E-state index in [1.165, 1.54) is 7.11 Å². The van der Waals surface area contributed by atoms with Crippen molar-refractivity contribution in [1.82, 2.24) is 0 Å². The molecule has 0 N–H and O–H groups in total. The number of hydrogen-bond donors (Lipinski definition) is 0. The third-order valence-electron chi connectivity index (χ3n) is 0.864. The van der Waals surface area contributed by atoms with Gasteiger partial charge in [0.1, 0.15) is 6.61 Å². The molecule has 0 fully saturated rings. The topological polar surface area (TPSA) is 35.5 Å². The van der Waals surface area contributed by atoms with E-state index in [-0.39, 0.29) is 19.0 Å². The molecule has 3 nitrogen and oxygen atoms in total. The highest BCUT2D eigenvalue weighted by Crippen LogP contribution is 1.84. The summed E-state index contributed by atoms with van der Waals surface area (Å²) in [6.07, 6.45) is 5.15. The van der Waals surface area contributed by atoms with Crippen molar-refractivity contribution in [2.75, 3.05) is 20.3 Å². The van der Waals surface area contributed by atoms with E-state index >= 15 is 0 Å². The van der Waals surface area contributed by atoms with Crippen molar-refractivity contribution in [2.24, 2.45) is 0 Å². The maximum absolute atomic E-state index is 10.4. The Hall–Kier alpha value is -1.01. The summed E-state index contributed by atoms with van der Waals surface area (Å²) in [5.74, 6) is 2.00. The second-order valence-electron chi connectivity index (χ2n) is 1.58. The SMILES string of the molecule is C#CCOCCC(=O)OC. The van der Waals surface area contributed by atoms with Crippen molar-refractivity contribution in [3.05, 3.63) is 0 Å². The van der Waals surface area contributed by atoms with Gasteiger partial charge in [-0.05, 0) is 0 Å². The van der Waals surface area contributed by atoms with Crippen LogP contribution in [0.15, 0.2) is 0 Å². The highest BCUT2D eigenvalue weighted by atomic mass is 16.5. The maximum atomic E-state index is 10.4. The monoisotopic (exact) mass is 142 g/mol. The van der Waals surface area contributed by atoms with Gasteiger partial charge in [-0.1, -0.05) is 5.92 Å². The fourth-order valence-electron chi connectivity index (χ4n) is 0.389. The Morgan fingerprint density at radius 1 is 1.70 bits per heavy atom. The van der Waals surface area contributed by atoms with Gasteiger partial charge in [-0.15, -0.1) is 6.42 Å². The number of methoxy groups -OCH3 is 1. The lowest BCUT2D eigenvalue weighted by Gasteiger charge is -1.97. The molecule has 10 heavy (non-hydrogen) atoms. The van der Waals surface area contributed by atoms with Crippen LogP contribution in [0.1, 0.15) is 6.42 Å². The summed E-state index contributed by atoms with van der Waals surface area (Å²) in [5.41, 5.74) is 0. The molecule has 0 aliphatic heterocycles. The Bertz CT molecular complexity index is 134. The Balaban J connectivity index is 3.05. The second-order valence-corrected chi connectivity index (χ2v) is 1.58. The molecule has 0 atom stereocenters. The average Bonchev–Trinajstić information content (AvgIpc) is 1.98. The third-order valence-corrected chi connectivity index (χ3v) is 0.864. The van der Waals surface area contributed by atoms with Gasteiger partial charge in [0.2, 0.25) is 0 Å². The molecule has 0 unspecified atom stereocenters. The van der Waals surface area contributed by atoms with E-state index in [1.807, 2.05) is 0 Å². The fraction of sp³-hybridized carbons (Fsp3) is 0.571. The molecule has 0 saturated carbocycles. The Labute approximate surface area is 60.3 Å². The lowest BCUT2D eigenvalue weighted by molar-refractivity contribution is -0.141. The fourth-order valence-corrected chi connectivity index (χ4v) is 0.389. The van der Waals surface area contributed by atoms with Crippen LogP contribution in [0.3, 0.4) is 0 Å². The van der Waals surface area contributed by atoms with Crippen molar-refractivity contribution in [2.45, 2.75) is 6.42 Å². The molecule has 0 aromatic carbocycles. The normalized spacial score (nSPS) is 8.40. The van der Waals surface area contributed by atoms with E-state index in [2.05, 4.69) is 10.7 Å². The van der Waals surface area contributed by atoms with Crippen LogP contribution in [0, 0.1) is 12.3 Å². The molecule has 0 aromatic heterocycles. The first-order chi connectivity index (χ1) is 4.81. The lowest BCUT2D eigenvalue weighted by atomic mass is 10.5. The largest absolute Gasteiger partial charge is 0.469 e. The first-order valence-corrected chi connectivity index (χ1v) is 2.89. The zero-order valence-electron chi connectivity index (χ0n) is 5.92. The van der Waals surface area contributed by atoms with Gasteiger partial charge in [-0.2, -0.15) is 0 Å². The van der Waals surface area contributed by atoms with Gasteiger partial charge in [0.05, 0.1) is 20.1 Å². The van der Waals surface area contributed by atoms with Crippen molar-refractivity contribution in [1.29, 1.82) is 0 Å². The molecule has 0 rings (SSSR count). The molecule has 0 aliphatic carbocycles. The van der Waals surface area contributed by atoms with E-state index in [9.17, 15) is 4.79 Å². The number of carbonyl (C=O) groups is 1. The molecule has 0 spiro atoms. The first-order valence-electron chi connectivity index (χ1n) is 2.89. The average molecular weight is 142 g/mol. The number of rotatable bonds is 4. The molecule has 0 saturated heterocycles. The van der Waals surface area contributed by atoms with Crippen molar-refractivity contribution < 1.29 is 14.3 Å². The van der Waals surface area contributed by atoms with Gasteiger partial charge in [0.25, 0.3) is 0 Å².